The summed E-state index contributed by atoms with van der Waals surface area (Å²) in [5, 5.41) is 8.30. The van der Waals surface area contributed by atoms with Crippen molar-refractivity contribution in [2.75, 3.05) is 11.9 Å². The molecule has 0 spiro atoms. The van der Waals surface area contributed by atoms with E-state index in [4.69, 9.17) is 5.10 Å². The van der Waals surface area contributed by atoms with Crippen molar-refractivity contribution in [3.05, 3.63) is 59.4 Å². The first-order valence-electron chi connectivity index (χ1n) is 9.09. The zero-order valence-corrected chi connectivity index (χ0v) is 15.7. The number of hydrogen-bond acceptors (Lipinski definition) is 3. The summed E-state index contributed by atoms with van der Waals surface area (Å²) >= 11 is 0. The normalized spacial score (nSPS) is 11.8. The van der Waals surface area contributed by atoms with Crippen LogP contribution in [0.1, 0.15) is 50.6 Å². The lowest BCUT2D eigenvalue weighted by Gasteiger charge is -2.14. The summed E-state index contributed by atoms with van der Waals surface area (Å²) in [5.41, 5.74) is 4.43. The van der Waals surface area contributed by atoms with Gasteiger partial charge in [0.2, 0.25) is 0 Å². The minimum atomic E-state index is 0.0224. The minimum absolute atomic E-state index is 0.0224. The zero-order chi connectivity index (χ0) is 17.9. The van der Waals surface area contributed by atoms with E-state index in [-0.39, 0.29) is 5.41 Å². The number of nitrogens with zero attached hydrogens (tertiary/aromatic N) is 3. The number of anilines is 1. The highest BCUT2D eigenvalue weighted by molar-refractivity contribution is 5.51. The molecule has 2 heterocycles. The molecule has 0 saturated carbocycles. The fourth-order valence-electron chi connectivity index (χ4n) is 2.91. The molecular weight excluding hydrogens is 308 g/mol. The monoisotopic (exact) mass is 336 g/mol. The first-order chi connectivity index (χ1) is 11.9. The van der Waals surface area contributed by atoms with Gasteiger partial charge in [-0.3, -0.25) is 0 Å². The molecule has 0 radical (unpaired) electrons. The average molecular weight is 336 g/mol. The van der Waals surface area contributed by atoms with Crippen LogP contribution in [0.4, 0.5) is 5.82 Å². The van der Waals surface area contributed by atoms with E-state index < -0.39 is 0 Å². The number of aryl methyl sites for hydroxylation is 2. The van der Waals surface area contributed by atoms with Gasteiger partial charge in [0, 0.05) is 29.8 Å². The van der Waals surface area contributed by atoms with Gasteiger partial charge in [-0.1, -0.05) is 51.1 Å². The third kappa shape index (κ3) is 4.38. The van der Waals surface area contributed by atoms with Crippen LogP contribution in [-0.2, 0) is 11.8 Å². The summed E-state index contributed by atoms with van der Waals surface area (Å²) in [7, 11) is 0. The Bertz CT molecular complexity index is 828. The topological polar surface area (TPSA) is 42.2 Å². The standard InChI is InChI=1S/C21H28N4/c1-16-14-19(22-13-9-8-12-17-10-6-5-7-11-17)25-20(23-16)15-18(24-25)21(2,3)4/h5-7,10-11,14-15,22H,8-9,12-13H2,1-4H3. The minimum Gasteiger partial charge on any atom is -0.370 e. The maximum atomic E-state index is 4.76. The summed E-state index contributed by atoms with van der Waals surface area (Å²) < 4.78 is 1.94. The second kappa shape index (κ2) is 7.26. The maximum Gasteiger partial charge on any atom is 0.157 e. The van der Waals surface area contributed by atoms with Crippen molar-refractivity contribution in [1.29, 1.82) is 0 Å². The number of unbranched alkanes of at least 4 members (excludes halogenated alkanes) is 1. The predicted octanol–water partition coefficient (Wildman–Crippen LogP) is 4.77. The van der Waals surface area contributed by atoms with Gasteiger partial charge in [-0.05, 0) is 31.7 Å². The van der Waals surface area contributed by atoms with Crippen LogP contribution in [0.25, 0.3) is 5.65 Å². The van der Waals surface area contributed by atoms with Gasteiger partial charge in [-0.25, -0.2) is 4.98 Å². The number of benzene rings is 1. The molecule has 2 aromatic heterocycles. The largest absolute Gasteiger partial charge is 0.370 e. The van der Waals surface area contributed by atoms with Crippen molar-refractivity contribution in [2.24, 2.45) is 0 Å². The van der Waals surface area contributed by atoms with Crippen molar-refractivity contribution in [1.82, 2.24) is 14.6 Å². The van der Waals surface area contributed by atoms with E-state index in [1.807, 2.05) is 11.4 Å². The number of hydrogen-bond donors (Lipinski definition) is 1. The molecule has 0 aliphatic rings. The lowest BCUT2D eigenvalue weighted by molar-refractivity contribution is 0.563. The molecule has 0 saturated heterocycles. The highest BCUT2D eigenvalue weighted by Crippen LogP contribution is 2.23. The number of nitrogens with one attached hydrogen (secondary N) is 1. The third-order valence-corrected chi connectivity index (χ3v) is 4.36. The quantitative estimate of drug-likeness (QED) is 0.659. The SMILES string of the molecule is Cc1cc(NCCCCc2ccccc2)n2nc(C(C)(C)C)cc2n1. The van der Waals surface area contributed by atoms with Crippen LogP contribution in [0.15, 0.2) is 42.5 Å². The second-order valence-corrected chi connectivity index (χ2v) is 7.70. The molecule has 132 valence electrons. The van der Waals surface area contributed by atoms with Crippen LogP contribution in [0.2, 0.25) is 0 Å². The van der Waals surface area contributed by atoms with Crippen LogP contribution in [0.3, 0.4) is 0 Å². The molecule has 25 heavy (non-hydrogen) atoms. The Hall–Kier alpha value is -2.36. The summed E-state index contributed by atoms with van der Waals surface area (Å²) in [4.78, 5) is 4.62. The predicted molar refractivity (Wildman–Crippen MR) is 104 cm³/mol. The van der Waals surface area contributed by atoms with E-state index in [9.17, 15) is 0 Å². The van der Waals surface area contributed by atoms with Gasteiger partial charge < -0.3 is 5.32 Å². The molecule has 0 aliphatic carbocycles. The van der Waals surface area contributed by atoms with Crippen molar-refractivity contribution < 1.29 is 0 Å². The number of aromatic nitrogens is 3. The van der Waals surface area contributed by atoms with E-state index in [1.54, 1.807) is 0 Å². The average Bonchev–Trinajstić information content (AvgIpc) is 2.99. The Balaban J connectivity index is 1.63. The van der Waals surface area contributed by atoms with Crippen LogP contribution in [0, 0.1) is 6.92 Å². The van der Waals surface area contributed by atoms with E-state index >= 15 is 0 Å². The molecule has 0 atom stereocenters. The summed E-state index contributed by atoms with van der Waals surface area (Å²) in [6.45, 7) is 9.51. The number of rotatable bonds is 6. The van der Waals surface area contributed by atoms with Crippen LogP contribution in [0.5, 0.6) is 0 Å². The van der Waals surface area contributed by atoms with Gasteiger partial charge >= 0.3 is 0 Å². The molecule has 0 aliphatic heterocycles. The van der Waals surface area contributed by atoms with Gasteiger partial charge in [0.25, 0.3) is 0 Å². The van der Waals surface area contributed by atoms with Gasteiger partial charge in [0.1, 0.15) is 5.82 Å². The molecule has 4 nitrogen and oxygen atoms in total. The Morgan fingerprint density at radius 3 is 2.52 bits per heavy atom. The highest BCUT2D eigenvalue weighted by Gasteiger charge is 2.19. The fourth-order valence-corrected chi connectivity index (χ4v) is 2.91. The molecule has 0 amide bonds. The maximum absolute atomic E-state index is 4.76. The Kier molecular flexibility index (Phi) is 5.07. The second-order valence-electron chi connectivity index (χ2n) is 7.70. The van der Waals surface area contributed by atoms with E-state index in [1.165, 1.54) is 12.0 Å². The van der Waals surface area contributed by atoms with E-state index in [0.717, 1.165) is 42.2 Å². The highest BCUT2D eigenvalue weighted by atomic mass is 15.3. The molecule has 0 bridgehead atoms. The molecule has 3 rings (SSSR count). The molecule has 4 heteroatoms. The number of fused-ring (bicyclic) bond motifs is 1. The van der Waals surface area contributed by atoms with Crippen LogP contribution >= 0.6 is 0 Å². The molecule has 0 fully saturated rings. The smallest absolute Gasteiger partial charge is 0.157 e. The van der Waals surface area contributed by atoms with Gasteiger partial charge in [0.05, 0.1) is 5.69 Å². The first kappa shape index (κ1) is 17.5. The van der Waals surface area contributed by atoms with Crippen molar-refractivity contribution in [3.63, 3.8) is 0 Å². The lowest BCUT2D eigenvalue weighted by atomic mass is 9.93. The third-order valence-electron chi connectivity index (χ3n) is 4.36. The first-order valence-corrected chi connectivity index (χ1v) is 9.09. The lowest BCUT2D eigenvalue weighted by Crippen LogP contribution is -2.13. The molecular formula is C21H28N4. The van der Waals surface area contributed by atoms with E-state index in [2.05, 4.69) is 73.5 Å². The Morgan fingerprint density at radius 2 is 1.80 bits per heavy atom. The molecule has 1 aromatic carbocycles. The summed E-state index contributed by atoms with van der Waals surface area (Å²) in [6.07, 6.45) is 3.44. The Labute approximate surface area is 150 Å². The van der Waals surface area contributed by atoms with Crippen molar-refractivity contribution >= 4 is 11.5 Å². The van der Waals surface area contributed by atoms with Crippen LogP contribution < -0.4 is 5.32 Å². The zero-order valence-electron chi connectivity index (χ0n) is 15.7. The van der Waals surface area contributed by atoms with E-state index in [0.29, 0.717) is 0 Å². The Morgan fingerprint density at radius 1 is 1.04 bits per heavy atom. The van der Waals surface area contributed by atoms with Crippen molar-refractivity contribution in [2.45, 2.75) is 52.4 Å². The van der Waals surface area contributed by atoms with Crippen LogP contribution in [-0.4, -0.2) is 21.1 Å². The summed E-state index contributed by atoms with van der Waals surface area (Å²) in [6, 6.07) is 14.8. The molecule has 3 aromatic rings. The van der Waals surface area contributed by atoms with Crippen molar-refractivity contribution in [3.8, 4) is 0 Å². The molecule has 1 N–H and O–H groups in total. The fraction of sp³-hybridized carbons (Fsp3) is 0.429. The van der Waals surface area contributed by atoms with Gasteiger partial charge in [0.15, 0.2) is 5.65 Å². The summed E-state index contributed by atoms with van der Waals surface area (Å²) in [5.74, 6) is 1.03. The van der Waals surface area contributed by atoms with Gasteiger partial charge in [-0.15, -0.1) is 0 Å². The van der Waals surface area contributed by atoms with Gasteiger partial charge in [-0.2, -0.15) is 9.61 Å². The molecule has 0 unspecified atom stereocenters.